The van der Waals surface area contributed by atoms with Gasteiger partial charge in [0.2, 0.25) is 0 Å². The van der Waals surface area contributed by atoms with Crippen LogP contribution in [0.4, 0.5) is 10.1 Å². The number of rotatable bonds is 6. The number of carbonyl (C=O) groups excluding carboxylic acids is 1. The monoisotopic (exact) mass is 404 g/mol. The summed E-state index contributed by atoms with van der Waals surface area (Å²) in [4.78, 5) is 16.9. The Morgan fingerprint density at radius 1 is 0.966 bits per heavy atom. The van der Waals surface area contributed by atoms with E-state index in [1.165, 1.54) is 35.6 Å². The third-order valence-corrected chi connectivity index (χ3v) is 5.07. The maximum atomic E-state index is 13.0. The lowest BCUT2D eigenvalue weighted by molar-refractivity contribution is 0.102. The van der Waals surface area contributed by atoms with Gasteiger partial charge in [0.25, 0.3) is 5.91 Å². The van der Waals surface area contributed by atoms with Crippen LogP contribution < -0.4 is 10.1 Å². The van der Waals surface area contributed by atoms with Gasteiger partial charge in [0.05, 0.1) is 5.56 Å². The zero-order valence-corrected chi connectivity index (χ0v) is 16.2. The van der Waals surface area contributed by atoms with Crippen LogP contribution in [0, 0.1) is 5.82 Å². The first-order chi connectivity index (χ1) is 14.2. The van der Waals surface area contributed by atoms with Gasteiger partial charge in [-0.15, -0.1) is 11.3 Å². The normalized spacial score (nSPS) is 10.5. The van der Waals surface area contributed by atoms with Crippen molar-refractivity contribution in [2.24, 2.45) is 0 Å². The molecular formula is C23H17FN2O2S. The van der Waals surface area contributed by atoms with Gasteiger partial charge in [0, 0.05) is 11.1 Å². The summed E-state index contributed by atoms with van der Waals surface area (Å²) in [5, 5.41) is 5.11. The molecule has 144 valence electrons. The lowest BCUT2D eigenvalue weighted by Gasteiger charge is -2.10. The summed E-state index contributed by atoms with van der Waals surface area (Å²) in [7, 11) is 0. The van der Waals surface area contributed by atoms with E-state index in [1.807, 2.05) is 54.6 Å². The fourth-order valence-electron chi connectivity index (χ4n) is 2.73. The number of nitrogens with zero attached hydrogens (tertiary/aromatic N) is 1. The molecule has 0 fully saturated rings. The Hall–Kier alpha value is -3.51. The first-order valence-electron chi connectivity index (χ1n) is 8.97. The molecule has 1 N–H and O–H groups in total. The van der Waals surface area contributed by atoms with Crippen molar-refractivity contribution in [2.75, 3.05) is 5.32 Å². The molecule has 0 spiro atoms. The van der Waals surface area contributed by atoms with Crippen LogP contribution in [0.25, 0.3) is 10.6 Å². The maximum absolute atomic E-state index is 13.0. The van der Waals surface area contributed by atoms with Gasteiger partial charge in [-0.2, -0.15) is 0 Å². The van der Waals surface area contributed by atoms with Gasteiger partial charge in [-0.05, 0) is 42.0 Å². The van der Waals surface area contributed by atoms with Gasteiger partial charge >= 0.3 is 0 Å². The van der Waals surface area contributed by atoms with E-state index in [4.69, 9.17) is 4.74 Å². The second kappa shape index (κ2) is 8.67. The number of thiazole rings is 1. The summed E-state index contributed by atoms with van der Waals surface area (Å²) in [5.74, 6) is 0.00374. The molecule has 3 aromatic carbocycles. The van der Waals surface area contributed by atoms with Crippen LogP contribution in [0.5, 0.6) is 5.75 Å². The Kier molecular flexibility index (Phi) is 5.63. The molecule has 0 aliphatic rings. The van der Waals surface area contributed by atoms with Gasteiger partial charge in [0.1, 0.15) is 28.9 Å². The molecule has 0 radical (unpaired) electrons. The average Bonchev–Trinajstić information content (AvgIpc) is 3.25. The summed E-state index contributed by atoms with van der Waals surface area (Å²) >= 11 is 1.37. The van der Waals surface area contributed by atoms with E-state index in [0.29, 0.717) is 28.7 Å². The molecule has 4 rings (SSSR count). The van der Waals surface area contributed by atoms with Crippen molar-refractivity contribution < 1.29 is 13.9 Å². The van der Waals surface area contributed by atoms with Crippen LogP contribution in [0.2, 0.25) is 0 Å². The highest BCUT2D eigenvalue weighted by Gasteiger charge is 2.15. The Morgan fingerprint density at radius 3 is 2.48 bits per heavy atom. The van der Waals surface area contributed by atoms with Gasteiger partial charge in [-0.25, -0.2) is 9.37 Å². The lowest BCUT2D eigenvalue weighted by Crippen LogP contribution is -2.12. The molecule has 0 saturated carbocycles. The van der Waals surface area contributed by atoms with E-state index in [2.05, 4.69) is 10.3 Å². The second-order valence-corrected chi connectivity index (χ2v) is 7.13. The van der Waals surface area contributed by atoms with E-state index in [-0.39, 0.29) is 11.7 Å². The predicted molar refractivity (Wildman–Crippen MR) is 113 cm³/mol. The largest absolute Gasteiger partial charge is 0.488 e. The number of benzene rings is 3. The van der Waals surface area contributed by atoms with E-state index in [0.717, 1.165) is 11.1 Å². The number of ether oxygens (including phenoxy) is 1. The quantitative estimate of drug-likeness (QED) is 0.443. The van der Waals surface area contributed by atoms with Crippen molar-refractivity contribution in [3.05, 3.63) is 101 Å². The first-order valence-corrected chi connectivity index (χ1v) is 9.85. The molecule has 0 unspecified atom stereocenters. The average molecular weight is 404 g/mol. The molecule has 1 heterocycles. The molecule has 0 aliphatic heterocycles. The number of anilines is 1. The summed E-state index contributed by atoms with van der Waals surface area (Å²) in [6.07, 6.45) is 0. The number of aromatic nitrogens is 1. The highest BCUT2D eigenvalue weighted by Crippen LogP contribution is 2.32. The van der Waals surface area contributed by atoms with Gasteiger partial charge in [-0.3, -0.25) is 4.79 Å². The van der Waals surface area contributed by atoms with Crippen molar-refractivity contribution >= 4 is 22.9 Å². The summed E-state index contributed by atoms with van der Waals surface area (Å²) in [6, 6.07) is 23.1. The van der Waals surface area contributed by atoms with Crippen molar-refractivity contribution in [3.8, 4) is 16.3 Å². The number of nitrogens with one attached hydrogen (secondary N) is 1. The van der Waals surface area contributed by atoms with Crippen molar-refractivity contribution in [2.45, 2.75) is 6.61 Å². The Bertz CT molecular complexity index is 1110. The number of amides is 1. The van der Waals surface area contributed by atoms with Crippen molar-refractivity contribution in [1.29, 1.82) is 0 Å². The molecule has 1 amide bonds. The molecule has 0 aliphatic carbocycles. The minimum atomic E-state index is -0.356. The Morgan fingerprint density at radius 2 is 1.69 bits per heavy atom. The number of hydrogen-bond acceptors (Lipinski definition) is 4. The fraction of sp³-hybridized carbons (Fsp3) is 0.0435. The molecular weight excluding hydrogens is 387 g/mol. The zero-order chi connectivity index (χ0) is 20.1. The van der Waals surface area contributed by atoms with Crippen LogP contribution in [-0.2, 0) is 6.61 Å². The standard InChI is InChI=1S/C23H17FN2O2S/c24-17-10-12-18(13-11-17)25-22(27)20-15-29-23(26-20)19-8-4-5-9-21(19)28-14-16-6-2-1-3-7-16/h1-13,15H,14H2,(H,25,27). The molecule has 0 bridgehead atoms. The zero-order valence-electron chi connectivity index (χ0n) is 15.3. The van der Waals surface area contributed by atoms with Gasteiger partial charge in [0.15, 0.2) is 0 Å². The second-order valence-electron chi connectivity index (χ2n) is 6.27. The van der Waals surface area contributed by atoms with E-state index < -0.39 is 0 Å². The van der Waals surface area contributed by atoms with Crippen LogP contribution in [0.15, 0.2) is 84.2 Å². The van der Waals surface area contributed by atoms with E-state index in [1.54, 1.807) is 5.38 Å². The maximum Gasteiger partial charge on any atom is 0.275 e. The molecule has 1 aromatic heterocycles. The minimum absolute atomic E-state index is 0.298. The highest BCUT2D eigenvalue weighted by molar-refractivity contribution is 7.13. The molecule has 4 nitrogen and oxygen atoms in total. The van der Waals surface area contributed by atoms with Crippen LogP contribution in [-0.4, -0.2) is 10.9 Å². The number of para-hydroxylation sites is 1. The summed E-state index contributed by atoms with van der Waals surface area (Å²) < 4.78 is 19.0. The topological polar surface area (TPSA) is 51.2 Å². The molecule has 4 aromatic rings. The van der Waals surface area contributed by atoms with Gasteiger partial charge < -0.3 is 10.1 Å². The predicted octanol–water partition coefficient (Wildman–Crippen LogP) is 5.78. The lowest BCUT2D eigenvalue weighted by atomic mass is 10.2. The number of halogens is 1. The van der Waals surface area contributed by atoms with E-state index >= 15 is 0 Å². The molecule has 6 heteroatoms. The fourth-order valence-corrected chi connectivity index (χ4v) is 3.56. The van der Waals surface area contributed by atoms with Crippen LogP contribution in [0.1, 0.15) is 16.1 Å². The van der Waals surface area contributed by atoms with Gasteiger partial charge in [-0.1, -0.05) is 42.5 Å². The Labute approximate surface area is 171 Å². The number of hydrogen-bond donors (Lipinski definition) is 1. The minimum Gasteiger partial charge on any atom is -0.488 e. The highest BCUT2D eigenvalue weighted by atomic mass is 32.1. The molecule has 29 heavy (non-hydrogen) atoms. The van der Waals surface area contributed by atoms with Crippen LogP contribution in [0.3, 0.4) is 0 Å². The SMILES string of the molecule is O=C(Nc1ccc(F)cc1)c1csc(-c2ccccc2OCc2ccccc2)n1. The Balaban J connectivity index is 1.50. The third kappa shape index (κ3) is 4.67. The van der Waals surface area contributed by atoms with E-state index in [9.17, 15) is 9.18 Å². The molecule has 0 saturated heterocycles. The summed E-state index contributed by atoms with van der Waals surface area (Å²) in [6.45, 7) is 0.446. The smallest absolute Gasteiger partial charge is 0.275 e. The van der Waals surface area contributed by atoms with Crippen LogP contribution >= 0.6 is 11.3 Å². The number of carbonyl (C=O) groups is 1. The van der Waals surface area contributed by atoms with Crippen molar-refractivity contribution in [1.82, 2.24) is 4.98 Å². The first kappa shape index (κ1) is 18.8. The van der Waals surface area contributed by atoms with Crippen molar-refractivity contribution in [3.63, 3.8) is 0 Å². The molecule has 0 atom stereocenters. The summed E-state index contributed by atoms with van der Waals surface area (Å²) in [5.41, 5.74) is 2.71. The third-order valence-electron chi connectivity index (χ3n) is 4.19.